The summed E-state index contributed by atoms with van der Waals surface area (Å²) in [6.07, 6.45) is -0.308. The Labute approximate surface area is 162 Å². The molecule has 0 aliphatic rings. The second kappa shape index (κ2) is 16.8. The maximum Gasteiger partial charge on any atom is 0.326 e. The van der Waals surface area contributed by atoms with Crippen LogP contribution in [0.2, 0.25) is 0 Å². The molecule has 13 nitrogen and oxygen atoms in total. The minimum Gasteiger partial charge on any atom is -0.480 e. The van der Waals surface area contributed by atoms with Crippen LogP contribution in [0, 0.1) is 0 Å². The van der Waals surface area contributed by atoms with Crippen LogP contribution in [0.4, 0.5) is 0 Å². The maximum atomic E-state index is 11.7. The number of hydrogen-bond acceptors (Lipinski definition) is 9. The number of carboxylic acids is 1. The van der Waals surface area contributed by atoms with Crippen LogP contribution in [0.25, 0.3) is 0 Å². The van der Waals surface area contributed by atoms with E-state index in [-0.39, 0.29) is 45.8 Å². The topological polar surface area (TPSA) is 207 Å². The molecule has 1 unspecified atom stereocenters. The first kappa shape index (κ1) is 25.7. The van der Waals surface area contributed by atoms with Crippen molar-refractivity contribution >= 4 is 23.7 Å². The molecular formula is C15H30N6O7. The van der Waals surface area contributed by atoms with Crippen LogP contribution in [0.5, 0.6) is 0 Å². The number of nitrogens with two attached hydrogens (primary N) is 2. The molecule has 0 aliphatic carbocycles. The molecule has 0 fully saturated rings. The molecule has 1 atom stereocenters. The van der Waals surface area contributed by atoms with Gasteiger partial charge < -0.3 is 36.3 Å². The van der Waals surface area contributed by atoms with E-state index in [0.29, 0.717) is 19.7 Å². The van der Waals surface area contributed by atoms with E-state index < -0.39 is 29.7 Å². The Hall–Kier alpha value is -2.32. The summed E-state index contributed by atoms with van der Waals surface area (Å²) >= 11 is 0. The molecule has 0 radical (unpaired) electrons. The minimum absolute atomic E-state index is 0.132. The molecule has 0 bridgehead atoms. The molecule has 0 aromatic rings. The Morgan fingerprint density at radius 1 is 0.929 bits per heavy atom. The van der Waals surface area contributed by atoms with Crippen LogP contribution in [0.1, 0.15) is 12.8 Å². The Morgan fingerprint density at radius 3 is 2.29 bits per heavy atom. The van der Waals surface area contributed by atoms with E-state index in [4.69, 9.17) is 26.2 Å². The number of carboxylic acid groups (broad SMARTS) is 1. The molecule has 162 valence electrons. The Morgan fingerprint density at radius 2 is 1.64 bits per heavy atom. The van der Waals surface area contributed by atoms with Gasteiger partial charge in [-0.3, -0.25) is 25.7 Å². The van der Waals surface area contributed by atoms with Crippen molar-refractivity contribution in [1.29, 1.82) is 0 Å². The van der Waals surface area contributed by atoms with Gasteiger partial charge in [-0.15, -0.1) is 0 Å². The Bertz CT molecular complexity index is 492. The molecule has 9 N–H and O–H groups in total. The van der Waals surface area contributed by atoms with Crippen molar-refractivity contribution < 1.29 is 33.8 Å². The number of carbonyl (C=O) groups is 4. The largest absolute Gasteiger partial charge is 0.480 e. The molecule has 0 rings (SSSR count). The van der Waals surface area contributed by atoms with Crippen molar-refractivity contribution in [2.45, 2.75) is 18.9 Å². The smallest absolute Gasteiger partial charge is 0.326 e. The summed E-state index contributed by atoms with van der Waals surface area (Å²) in [6, 6.07) is -1.25. The van der Waals surface area contributed by atoms with E-state index in [1.165, 1.54) is 0 Å². The molecule has 13 heteroatoms. The Kier molecular flexibility index (Phi) is 15.4. The molecule has 0 aromatic heterocycles. The highest BCUT2D eigenvalue weighted by molar-refractivity contribution is 5.86. The van der Waals surface area contributed by atoms with Gasteiger partial charge in [-0.1, -0.05) is 0 Å². The van der Waals surface area contributed by atoms with Crippen LogP contribution in [0.15, 0.2) is 0 Å². The molecule has 0 aliphatic heterocycles. The average molecular weight is 406 g/mol. The highest BCUT2D eigenvalue weighted by Crippen LogP contribution is 1.98. The molecule has 28 heavy (non-hydrogen) atoms. The number of rotatable bonds is 17. The van der Waals surface area contributed by atoms with Crippen LogP contribution >= 0.6 is 0 Å². The number of aliphatic carboxylic acids is 1. The van der Waals surface area contributed by atoms with Crippen LogP contribution < -0.4 is 33.0 Å². The third-order valence-electron chi connectivity index (χ3n) is 3.20. The van der Waals surface area contributed by atoms with Crippen LogP contribution in [-0.2, 0) is 28.7 Å². The van der Waals surface area contributed by atoms with E-state index in [0.717, 1.165) is 0 Å². The summed E-state index contributed by atoms with van der Waals surface area (Å²) in [6.45, 7) is 1.29. The van der Waals surface area contributed by atoms with Crippen molar-refractivity contribution in [2.75, 3.05) is 52.6 Å². The molecule has 0 spiro atoms. The minimum atomic E-state index is -1.28. The molecular weight excluding hydrogens is 376 g/mol. The van der Waals surface area contributed by atoms with Gasteiger partial charge in [0.25, 0.3) is 0 Å². The lowest BCUT2D eigenvalue weighted by molar-refractivity contribution is -0.143. The SMILES string of the molecule is NCCNC(=O)CNC(=O)CCC(NC(=O)COCCOCCNN)C(=O)O. The quantitative estimate of drug-likeness (QED) is 0.0708. The zero-order chi connectivity index (χ0) is 21.2. The second-order valence-corrected chi connectivity index (χ2v) is 5.53. The molecule has 0 saturated carbocycles. The lowest BCUT2D eigenvalue weighted by Crippen LogP contribution is -2.44. The first-order valence-corrected chi connectivity index (χ1v) is 8.75. The summed E-state index contributed by atoms with van der Waals surface area (Å²) in [5.41, 5.74) is 7.64. The van der Waals surface area contributed by atoms with Crippen molar-refractivity contribution in [3.05, 3.63) is 0 Å². The van der Waals surface area contributed by atoms with Crippen molar-refractivity contribution in [1.82, 2.24) is 21.4 Å². The summed E-state index contributed by atoms with van der Waals surface area (Å²) in [5.74, 6) is 2.25. The van der Waals surface area contributed by atoms with Gasteiger partial charge >= 0.3 is 5.97 Å². The standard InChI is InChI=1S/C15H30N6O7/c16-3-4-18-13(23)9-19-12(22)2-1-11(15(25)26)21-14(24)10-28-8-7-27-6-5-20-17/h11,20H,1-10,16-17H2,(H,18,23)(H,19,22)(H,21,24)(H,25,26). The molecule has 0 saturated heterocycles. The van der Waals surface area contributed by atoms with E-state index in [9.17, 15) is 19.2 Å². The number of hydrogen-bond donors (Lipinski definition) is 7. The predicted molar refractivity (Wildman–Crippen MR) is 97.7 cm³/mol. The first-order chi connectivity index (χ1) is 13.4. The van der Waals surface area contributed by atoms with Gasteiger partial charge in [-0.2, -0.15) is 0 Å². The highest BCUT2D eigenvalue weighted by Gasteiger charge is 2.21. The number of nitrogens with one attached hydrogen (secondary N) is 4. The van der Waals surface area contributed by atoms with Gasteiger partial charge in [-0.05, 0) is 6.42 Å². The fourth-order valence-electron chi connectivity index (χ4n) is 1.83. The lowest BCUT2D eigenvalue weighted by Gasteiger charge is -2.14. The van der Waals surface area contributed by atoms with E-state index >= 15 is 0 Å². The third kappa shape index (κ3) is 14.8. The number of ether oxygens (including phenoxy) is 2. The summed E-state index contributed by atoms with van der Waals surface area (Å²) in [5, 5.41) is 16.2. The fourth-order valence-corrected chi connectivity index (χ4v) is 1.83. The Balaban J connectivity index is 4.01. The van der Waals surface area contributed by atoms with Gasteiger partial charge in [0.1, 0.15) is 12.6 Å². The molecule has 0 heterocycles. The molecule has 3 amide bonds. The lowest BCUT2D eigenvalue weighted by atomic mass is 10.1. The van der Waals surface area contributed by atoms with Gasteiger partial charge in [0.15, 0.2) is 0 Å². The number of amides is 3. The monoisotopic (exact) mass is 406 g/mol. The van der Waals surface area contributed by atoms with Gasteiger partial charge in [-0.25, -0.2) is 4.79 Å². The summed E-state index contributed by atoms with van der Waals surface area (Å²) in [4.78, 5) is 45.9. The highest BCUT2D eigenvalue weighted by atomic mass is 16.5. The van der Waals surface area contributed by atoms with Crippen LogP contribution in [-0.4, -0.2) is 87.4 Å². The summed E-state index contributed by atoms with van der Waals surface area (Å²) in [7, 11) is 0. The van der Waals surface area contributed by atoms with Crippen molar-refractivity contribution in [3.63, 3.8) is 0 Å². The average Bonchev–Trinajstić information content (AvgIpc) is 2.66. The van der Waals surface area contributed by atoms with Gasteiger partial charge in [0, 0.05) is 26.1 Å². The van der Waals surface area contributed by atoms with E-state index in [1.54, 1.807) is 0 Å². The fraction of sp³-hybridized carbons (Fsp3) is 0.733. The van der Waals surface area contributed by atoms with E-state index in [1.807, 2.05) is 0 Å². The predicted octanol–water partition coefficient (Wildman–Crippen LogP) is -3.98. The third-order valence-corrected chi connectivity index (χ3v) is 3.20. The number of carbonyl (C=O) groups excluding carboxylic acids is 3. The van der Waals surface area contributed by atoms with E-state index in [2.05, 4.69) is 21.4 Å². The normalized spacial score (nSPS) is 11.5. The zero-order valence-electron chi connectivity index (χ0n) is 15.7. The second-order valence-electron chi connectivity index (χ2n) is 5.53. The number of hydrazine groups is 1. The zero-order valence-corrected chi connectivity index (χ0v) is 15.7. The summed E-state index contributed by atoms with van der Waals surface area (Å²) < 4.78 is 10.2. The maximum absolute atomic E-state index is 11.7. The van der Waals surface area contributed by atoms with Gasteiger partial charge in [0.05, 0.1) is 26.4 Å². The van der Waals surface area contributed by atoms with Gasteiger partial charge in [0.2, 0.25) is 17.7 Å². The van der Waals surface area contributed by atoms with Crippen LogP contribution in [0.3, 0.4) is 0 Å². The molecule has 0 aromatic carbocycles. The van der Waals surface area contributed by atoms with Crippen molar-refractivity contribution in [3.8, 4) is 0 Å². The first-order valence-electron chi connectivity index (χ1n) is 8.75. The van der Waals surface area contributed by atoms with Crippen molar-refractivity contribution in [2.24, 2.45) is 11.6 Å².